The van der Waals surface area contributed by atoms with Crippen LogP contribution in [0.3, 0.4) is 0 Å². The zero-order chi connectivity index (χ0) is 21.0. The molecule has 5 aromatic heterocycles. The van der Waals surface area contributed by atoms with Crippen LogP contribution in [0.1, 0.15) is 5.82 Å². The Balaban J connectivity index is 1.56. The summed E-state index contributed by atoms with van der Waals surface area (Å²) in [6, 6.07) is 25.2. The lowest BCUT2D eigenvalue weighted by Crippen LogP contribution is -1.98. The molecule has 5 heterocycles. The van der Waals surface area contributed by atoms with Crippen LogP contribution in [0.5, 0.6) is 0 Å². The van der Waals surface area contributed by atoms with E-state index < -0.39 is 0 Å². The lowest BCUT2D eigenvalue weighted by molar-refractivity contribution is 1.05. The Morgan fingerprint density at radius 2 is 0.839 bits per heavy atom. The highest BCUT2D eigenvalue weighted by atomic mass is 14.9. The van der Waals surface area contributed by atoms with Gasteiger partial charge in [0.05, 0.1) is 45.6 Å². The first kappa shape index (κ1) is 18.7. The maximum absolute atomic E-state index is 4.77. The fourth-order valence-corrected chi connectivity index (χ4v) is 3.30. The fourth-order valence-electron chi connectivity index (χ4n) is 3.30. The zero-order valence-corrected chi connectivity index (χ0v) is 16.8. The standard InChI is InChI=1S/C25H18N6/c1-17-28-24(22-12-6-10-20(30-22)18-8-2-4-14-26-18)16-25(29-17)23-13-7-11-21(31-23)19-9-3-5-15-27-19/h2-16H,1H3. The summed E-state index contributed by atoms with van der Waals surface area (Å²) in [5.41, 5.74) is 6.24. The molecule has 0 radical (unpaired) electrons. The molecule has 6 nitrogen and oxygen atoms in total. The molecular formula is C25H18N6. The Bertz CT molecular complexity index is 1240. The molecule has 6 heteroatoms. The van der Waals surface area contributed by atoms with Crippen molar-refractivity contribution >= 4 is 0 Å². The van der Waals surface area contributed by atoms with Crippen molar-refractivity contribution in [3.63, 3.8) is 0 Å². The van der Waals surface area contributed by atoms with Crippen molar-refractivity contribution in [2.45, 2.75) is 6.92 Å². The Morgan fingerprint density at radius 3 is 1.26 bits per heavy atom. The van der Waals surface area contributed by atoms with Gasteiger partial charge in [-0.05, 0) is 61.5 Å². The van der Waals surface area contributed by atoms with Gasteiger partial charge < -0.3 is 0 Å². The van der Waals surface area contributed by atoms with Crippen molar-refractivity contribution in [1.82, 2.24) is 29.9 Å². The van der Waals surface area contributed by atoms with Gasteiger partial charge in [-0.3, -0.25) is 9.97 Å². The van der Waals surface area contributed by atoms with Crippen LogP contribution in [-0.2, 0) is 0 Å². The summed E-state index contributed by atoms with van der Waals surface area (Å²) in [6.07, 6.45) is 3.52. The van der Waals surface area contributed by atoms with E-state index >= 15 is 0 Å². The molecule has 5 rings (SSSR count). The normalized spacial score (nSPS) is 10.7. The van der Waals surface area contributed by atoms with Crippen LogP contribution in [0.2, 0.25) is 0 Å². The third kappa shape index (κ3) is 4.04. The lowest BCUT2D eigenvalue weighted by atomic mass is 10.1. The number of pyridine rings is 4. The van der Waals surface area contributed by atoms with Gasteiger partial charge in [0.2, 0.25) is 0 Å². The molecule has 0 saturated heterocycles. The summed E-state index contributed by atoms with van der Waals surface area (Å²) < 4.78 is 0. The molecule has 0 aromatic carbocycles. The van der Waals surface area contributed by atoms with E-state index in [1.165, 1.54) is 0 Å². The van der Waals surface area contributed by atoms with Crippen molar-refractivity contribution in [3.05, 3.63) is 97.1 Å². The van der Waals surface area contributed by atoms with E-state index in [1.54, 1.807) is 12.4 Å². The predicted molar refractivity (Wildman–Crippen MR) is 120 cm³/mol. The van der Waals surface area contributed by atoms with Gasteiger partial charge in [0.25, 0.3) is 0 Å². The number of nitrogens with zero attached hydrogens (tertiary/aromatic N) is 6. The topological polar surface area (TPSA) is 77.3 Å². The highest BCUT2D eigenvalue weighted by molar-refractivity contribution is 5.67. The highest BCUT2D eigenvalue weighted by Gasteiger charge is 2.11. The highest BCUT2D eigenvalue weighted by Crippen LogP contribution is 2.25. The van der Waals surface area contributed by atoms with Gasteiger partial charge in [0.15, 0.2) is 0 Å². The molecule has 0 fully saturated rings. The van der Waals surface area contributed by atoms with E-state index in [0.717, 1.165) is 45.6 Å². The Morgan fingerprint density at radius 1 is 0.419 bits per heavy atom. The number of hydrogen-bond donors (Lipinski definition) is 0. The van der Waals surface area contributed by atoms with Gasteiger partial charge in [-0.25, -0.2) is 19.9 Å². The summed E-state index contributed by atoms with van der Waals surface area (Å²) in [5.74, 6) is 0.655. The van der Waals surface area contributed by atoms with Gasteiger partial charge in [-0.1, -0.05) is 24.3 Å². The SMILES string of the molecule is Cc1nc(-c2cccc(-c3ccccn3)n2)cc(-c2cccc(-c3ccccn3)n2)n1. The number of hydrogen-bond acceptors (Lipinski definition) is 6. The third-order valence-electron chi connectivity index (χ3n) is 4.72. The quantitative estimate of drug-likeness (QED) is 0.419. The number of rotatable bonds is 4. The lowest BCUT2D eigenvalue weighted by Gasteiger charge is -2.08. The van der Waals surface area contributed by atoms with E-state index in [9.17, 15) is 0 Å². The van der Waals surface area contributed by atoms with E-state index in [-0.39, 0.29) is 0 Å². The molecule has 148 valence electrons. The Labute approximate surface area is 179 Å². The summed E-state index contributed by atoms with van der Waals surface area (Å²) in [5, 5.41) is 0. The molecule has 0 N–H and O–H groups in total. The Hall–Kier alpha value is -4.32. The first-order valence-electron chi connectivity index (χ1n) is 9.90. The first-order valence-corrected chi connectivity index (χ1v) is 9.90. The fraction of sp³-hybridized carbons (Fsp3) is 0.0400. The molecule has 0 bridgehead atoms. The molecular weight excluding hydrogens is 384 g/mol. The molecule has 0 amide bonds. The molecule has 31 heavy (non-hydrogen) atoms. The second-order valence-electron chi connectivity index (χ2n) is 6.93. The maximum Gasteiger partial charge on any atom is 0.126 e. The summed E-state index contributed by atoms with van der Waals surface area (Å²) in [7, 11) is 0. The van der Waals surface area contributed by atoms with Crippen LogP contribution in [-0.4, -0.2) is 29.9 Å². The molecule has 0 unspecified atom stereocenters. The molecule has 0 aliphatic heterocycles. The van der Waals surface area contributed by atoms with Gasteiger partial charge >= 0.3 is 0 Å². The van der Waals surface area contributed by atoms with E-state index in [4.69, 9.17) is 9.97 Å². The van der Waals surface area contributed by atoms with E-state index in [1.807, 2.05) is 85.8 Å². The average molecular weight is 402 g/mol. The minimum absolute atomic E-state index is 0.655. The van der Waals surface area contributed by atoms with Crippen LogP contribution < -0.4 is 0 Å². The Kier molecular flexibility index (Phi) is 4.94. The molecule has 0 spiro atoms. The predicted octanol–water partition coefficient (Wildman–Crippen LogP) is 5.03. The minimum Gasteiger partial charge on any atom is -0.255 e. The summed E-state index contributed by atoms with van der Waals surface area (Å²) >= 11 is 0. The average Bonchev–Trinajstić information content (AvgIpc) is 2.85. The smallest absolute Gasteiger partial charge is 0.126 e. The molecule has 0 aliphatic rings. The largest absolute Gasteiger partial charge is 0.255 e. The van der Waals surface area contributed by atoms with Crippen molar-refractivity contribution in [3.8, 4) is 45.6 Å². The van der Waals surface area contributed by atoms with Crippen LogP contribution in [0.15, 0.2) is 91.3 Å². The maximum atomic E-state index is 4.77. The number of aromatic nitrogens is 6. The van der Waals surface area contributed by atoms with Crippen molar-refractivity contribution in [2.24, 2.45) is 0 Å². The zero-order valence-electron chi connectivity index (χ0n) is 16.8. The summed E-state index contributed by atoms with van der Waals surface area (Å²) in [4.78, 5) is 27.6. The van der Waals surface area contributed by atoms with Crippen LogP contribution in [0.4, 0.5) is 0 Å². The van der Waals surface area contributed by atoms with E-state index in [2.05, 4.69) is 19.9 Å². The summed E-state index contributed by atoms with van der Waals surface area (Å²) in [6.45, 7) is 1.87. The molecule has 0 aliphatic carbocycles. The van der Waals surface area contributed by atoms with Crippen molar-refractivity contribution in [2.75, 3.05) is 0 Å². The minimum atomic E-state index is 0.655. The van der Waals surface area contributed by atoms with E-state index in [0.29, 0.717) is 5.82 Å². The second-order valence-corrected chi connectivity index (χ2v) is 6.93. The second kappa shape index (κ2) is 8.20. The molecule has 5 aromatic rings. The van der Waals surface area contributed by atoms with Crippen LogP contribution in [0, 0.1) is 6.92 Å². The first-order chi connectivity index (χ1) is 15.3. The van der Waals surface area contributed by atoms with Gasteiger partial charge in [0, 0.05) is 12.4 Å². The molecule has 0 saturated carbocycles. The third-order valence-corrected chi connectivity index (χ3v) is 4.72. The van der Waals surface area contributed by atoms with Crippen molar-refractivity contribution < 1.29 is 0 Å². The van der Waals surface area contributed by atoms with Crippen LogP contribution >= 0.6 is 0 Å². The van der Waals surface area contributed by atoms with Crippen LogP contribution in [0.25, 0.3) is 45.6 Å². The van der Waals surface area contributed by atoms with Gasteiger partial charge in [-0.2, -0.15) is 0 Å². The number of aryl methyl sites for hydroxylation is 1. The van der Waals surface area contributed by atoms with Gasteiger partial charge in [0.1, 0.15) is 5.82 Å². The monoisotopic (exact) mass is 402 g/mol. The van der Waals surface area contributed by atoms with Crippen molar-refractivity contribution in [1.29, 1.82) is 0 Å². The van der Waals surface area contributed by atoms with Gasteiger partial charge in [-0.15, -0.1) is 0 Å². The molecule has 0 atom stereocenters.